The molecule has 0 atom stereocenters. The molecule has 0 amide bonds. The summed E-state index contributed by atoms with van der Waals surface area (Å²) in [7, 11) is 1.63. The molecule has 1 aromatic heterocycles. The molecule has 0 aliphatic heterocycles. The summed E-state index contributed by atoms with van der Waals surface area (Å²) in [5.41, 5.74) is 3.25. The summed E-state index contributed by atoms with van der Waals surface area (Å²) < 4.78 is 11.4. The van der Waals surface area contributed by atoms with Crippen LogP contribution in [0.3, 0.4) is 0 Å². The first-order chi connectivity index (χ1) is 13.2. The van der Waals surface area contributed by atoms with Crippen molar-refractivity contribution in [1.82, 2.24) is 10.3 Å². The van der Waals surface area contributed by atoms with E-state index in [0.29, 0.717) is 28.2 Å². The fraction of sp³-hybridized carbons (Fsp3) is 0.190. The standard InChI is InChI=1S/C21H20Cl2N2O2.ClH/c1-26-21-11-16(13-25-12-15-6-8-24-9-7-15)3-5-20(21)27-14-17-2-4-18(22)19(23)10-17;/h2-11,25H,12-14H2,1H3;1H/p-1. The van der Waals surface area contributed by atoms with Gasteiger partial charge in [0.05, 0.1) is 17.2 Å². The molecule has 3 aromatic rings. The van der Waals surface area contributed by atoms with Crippen LogP contribution >= 0.6 is 23.2 Å². The molecule has 0 aliphatic carbocycles. The summed E-state index contributed by atoms with van der Waals surface area (Å²) in [6, 6.07) is 15.3. The minimum Gasteiger partial charge on any atom is -1.00 e. The smallest absolute Gasteiger partial charge is 0.161 e. The third-order valence-electron chi connectivity index (χ3n) is 4.01. The highest BCUT2D eigenvalue weighted by Gasteiger charge is 2.07. The van der Waals surface area contributed by atoms with Crippen molar-refractivity contribution in [3.05, 3.63) is 87.7 Å². The lowest BCUT2D eigenvalue weighted by atomic mass is 10.2. The number of aromatic nitrogens is 1. The normalized spacial score (nSPS) is 10.2. The van der Waals surface area contributed by atoms with E-state index in [2.05, 4.69) is 10.3 Å². The van der Waals surface area contributed by atoms with Crippen LogP contribution in [-0.4, -0.2) is 12.1 Å². The third-order valence-corrected chi connectivity index (χ3v) is 4.75. The number of pyridine rings is 1. The van der Waals surface area contributed by atoms with Gasteiger partial charge in [-0.25, -0.2) is 0 Å². The van der Waals surface area contributed by atoms with E-state index in [9.17, 15) is 0 Å². The Labute approximate surface area is 181 Å². The van der Waals surface area contributed by atoms with Gasteiger partial charge in [0, 0.05) is 25.5 Å². The number of nitrogens with one attached hydrogen (secondary N) is 1. The molecular formula is C21H20Cl3N2O2-. The second kappa shape index (κ2) is 11.1. The van der Waals surface area contributed by atoms with Gasteiger partial charge in [-0.05, 0) is 53.1 Å². The lowest BCUT2D eigenvalue weighted by molar-refractivity contribution is -0.00000591. The molecule has 0 spiro atoms. The van der Waals surface area contributed by atoms with E-state index < -0.39 is 0 Å². The summed E-state index contributed by atoms with van der Waals surface area (Å²) >= 11 is 12.0. The van der Waals surface area contributed by atoms with Crippen molar-refractivity contribution in [3.8, 4) is 11.5 Å². The molecule has 3 rings (SSSR count). The first kappa shape index (κ1) is 22.3. The molecule has 1 N–H and O–H groups in total. The number of nitrogens with zero attached hydrogens (tertiary/aromatic N) is 1. The predicted octanol–water partition coefficient (Wildman–Crippen LogP) is 2.27. The minimum absolute atomic E-state index is 0. The molecular weight excluding hydrogens is 419 g/mol. The first-order valence-electron chi connectivity index (χ1n) is 8.49. The Morgan fingerprint density at radius 3 is 2.25 bits per heavy atom. The molecule has 28 heavy (non-hydrogen) atoms. The Morgan fingerprint density at radius 2 is 1.54 bits per heavy atom. The maximum absolute atomic E-state index is 6.05. The number of rotatable bonds is 8. The van der Waals surface area contributed by atoms with Crippen LogP contribution in [0.4, 0.5) is 0 Å². The zero-order chi connectivity index (χ0) is 19.1. The number of methoxy groups -OCH3 is 1. The van der Waals surface area contributed by atoms with Crippen molar-refractivity contribution < 1.29 is 21.9 Å². The van der Waals surface area contributed by atoms with Crippen molar-refractivity contribution in [1.29, 1.82) is 0 Å². The molecule has 0 bridgehead atoms. The third kappa shape index (κ3) is 6.28. The van der Waals surface area contributed by atoms with E-state index in [1.807, 2.05) is 36.4 Å². The number of benzene rings is 2. The Kier molecular flexibility index (Phi) is 8.87. The number of hydrogen-bond donors (Lipinski definition) is 1. The predicted molar refractivity (Wildman–Crippen MR) is 109 cm³/mol. The average molecular weight is 439 g/mol. The van der Waals surface area contributed by atoms with Gasteiger partial charge >= 0.3 is 0 Å². The van der Waals surface area contributed by atoms with Crippen molar-refractivity contribution in [3.63, 3.8) is 0 Å². The Hall–Kier alpha value is -1.98. The summed E-state index contributed by atoms with van der Waals surface area (Å²) in [5.74, 6) is 1.37. The van der Waals surface area contributed by atoms with Crippen LogP contribution in [0, 0.1) is 0 Å². The largest absolute Gasteiger partial charge is 1.00 e. The van der Waals surface area contributed by atoms with Crippen LogP contribution in [0.1, 0.15) is 16.7 Å². The van der Waals surface area contributed by atoms with Gasteiger partial charge in [0.25, 0.3) is 0 Å². The molecule has 0 fully saturated rings. The fourth-order valence-corrected chi connectivity index (χ4v) is 2.90. The molecule has 1 heterocycles. The highest BCUT2D eigenvalue weighted by molar-refractivity contribution is 6.42. The number of hydrogen-bond acceptors (Lipinski definition) is 4. The van der Waals surface area contributed by atoms with Gasteiger partial charge in [-0.2, -0.15) is 0 Å². The topological polar surface area (TPSA) is 43.4 Å². The van der Waals surface area contributed by atoms with Gasteiger partial charge in [0.1, 0.15) is 6.61 Å². The van der Waals surface area contributed by atoms with Gasteiger partial charge in [-0.1, -0.05) is 35.3 Å². The van der Waals surface area contributed by atoms with Gasteiger partial charge in [-0.15, -0.1) is 0 Å². The van der Waals surface area contributed by atoms with E-state index >= 15 is 0 Å². The van der Waals surface area contributed by atoms with E-state index in [0.717, 1.165) is 24.2 Å². The van der Waals surface area contributed by atoms with Crippen LogP contribution in [0.25, 0.3) is 0 Å². The maximum Gasteiger partial charge on any atom is 0.161 e. The lowest BCUT2D eigenvalue weighted by Gasteiger charge is -2.13. The Morgan fingerprint density at radius 1 is 0.821 bits per heavy atom. The van der Waals surface area contributed by atoms with E-state index in [-0.39, 0.29) is 12.4 Å². The Bertz CT molecular complexity index is 892. The second-order valence-corrected chi connectivity index (χ2v) is 6.80. The fourth-order valence-electron chi connectivity index (χ4n) is 2.58. The van der Waals surface area contributed by atoms with Crippen LogP contribution in [-0.2, 0) is 19.7 Å². The first-order valence-corrected chi connectivity index (χ1v) is 9.24. The van der Waals surface area contributed by atoms with Crippen molar-refractivity contribution in [2.45, 2.75) is 19.7 Å². The molecule has 0 aliphatic rings. The number of ether oxygens (including phenoxy) is 2. The zero-order valence-corrected chi connectivity index (χ0v) is 17.6. The van der Waals surface area contributed by atoms with Gasteiger partial charge in [0.15, 0.2) is 11.5 Å². The molecule has 7 heteroatoms. The van der Waals surface area contributed by atoms with E-state index in [4.69, 9.17) is 32.7 Å². The number of halogens is 3. The molecule has 0 radical (unpaired) electrons. The molecule has 148 valence electrons. The monoisotopic (exact) mass is 437 g/mol. The molecule has 0 saturated carbocycles. The SMILES string of the molecule is COc1cc(CNCc2ccncc2)ccc1OCc1ccc(Cl)c(Cl)c1.[Cl-]. The van der Waals surface area contributed by atoms with E-state index in [1.165, 1.54) is 5.56 Å². The second-order valence-electron chi connectivity index (χ2n) is 5.98. The molecule has 0 unspecified atom stereocenters. The summed E-state index contributed by atoms with van der Waals surface area (Å²) in [4.78, 5) is 4.02. The van der Waals surface area contributed by atoms with Crippen molar-refractivity contribution >= 4 is 23.2 Å². The Balaban J connectivity index is 0.00000280. The highest BCUT2D eigenvalue weighted by atomic mass is 35.5. The van der Waals surface area contributed by atoms with Gasteiger partial charge < -0.3 is 27.2 Å². The molecule has 0 saturated heterocycles. The zero-order valence-electron chi connectivity index (χ0n) is 15.3. The summed E-state index contributed by atoms with van der Waals surface area (Å²) in [6.07, 6.45) is 3.58. The quantitative estimate of drug-likeness (QED) is 0.586. The van der Waals surface area contributed by atoms with Crippen LogP contribution in [0.2, 0.25) is 10.0 Å². The maximum atomic E-state index is 6.05. The highest BCUT2D eigenvalue weighted by Crippen LogP contribution is 2.29. The van der Waals surface area contributed by atoms with E-state index in [1.54, 1.807) is 31.6 Å². The van der Waals surface area contributed by atoms with Crippen molar-refractivity contribution in [2.75, 3.05) is 7.11 Å². The summed E-state index contributed by atoms with van der Waals surface area (Å²) in [6.45, 7) is 1.89. The van der Waals surface area contributed by atoms with Crippen LogP contribution < -0.4 is 27.2 Å². The van der Waals surface area contributed by atoms with Crippen LogP contribution in [0.15, 0.2) is 60.9 Å². The summed E-state index contributed by atoms with van der Waals surface area (Å²) in [5, 5.41) is 4.45. The lowest BCUT2D eigenvalue weighted by Crippen LogP contribution is -3.00. The average Bonchev–Trinajstić information content (AvgIpc) is 2.70. The van der Waals surface area contributed by atoms with Crippen LogP contribution in [0.5, 0.6) is 11.5 Å². The minimum atomic E-state index is 0. The van der Waals surface area contributed by atoms with Gasteiger partial charge in [0.2, 0.25) is 0 Å². The van der Waals surface area contributed by atoms with Crippen molar-refractivity contribution in [2.24, 2.45) is 0 Å². The molecule has 4 nitrogen and oxygen atoms in total. The molecule has 2 aromatic carbocycles. The van der Waals surface area contributed by atoms with Gasteiger partial charge in [-0.3, -0.25) is 4.98 Å².